The van der Waals surface area contributed by atoms with Crippen LogP contribution in [0.4, 0.5) is 0 Å². The smallest absolute Gasteiger partial charge is 0.160 e. The third kappa shape index (κ3) is 3.60. The third-order valence-corrected chi connectivity index (χ3v) is 15.6. The zero-order valence-electron chi connectivity index (χ0n) is 26.8. The van der Waals surface area contributed by atoms with E-state index < -0.39 is 8.07 Å². The number of nitrogens with zero attached hydrogens (tertiary/aromatic N) is 2. The van der Waals surface area contributed by atoms with Gasteiger partial charge in [0.25, 0.3) is 0 Å². The average molecular weight is 637 g/mol. The fourth-order valence-electron chi connectivity index (χ4n) is 8.59. The maximum absolute atomic E-state index is 5.48. The first-order valence-corrected chi connectivity index (χ1v) is 20.2. The minimum Gasteiger partial charge on any atom is -0.228 e. The van der Waals surface area contributed by atoms with E-state index in [9.17, 15) is 0 Å². The largest absolute Gasteiger partial charge is 0.228 e. The van der Waals surface area contributed by atoms with Crippen molar-refractivity contribution in [1.82, 2.24) is 9.97 Å². The molecule has 0 amide bonds. The summed E-state index contributed by atoms with van der Waals surface area (Å²) >= 11 is 1.91. The lowest BCUT2D eigenvalue weighted by Gasteiger charge is -2.22. The Morgan fingerprint density at radius 2 is 1.38 bits per heavy atom. The van der Waals surface area contributed by atoms with E-state index in [0.717, 1.165) is 28.2 Å². The highest BCUT2D eigenvalue weighted by Gasteiger charge is 2.40. The van der Waals surface area contributed by atoms with Gasteiger partial charge in [-0.2, -0.15) is 0 Å². The first-order chi connectivity index (χ1) is 22.8. The summed E-state index contributed by atoms with van der Waals surface area (Å²) in [5.74, 6) is 0.781. The van der Waals surface area contributed by atoms with Crippen LogP contribution in [0.3, 0.4) is 0 Å². The van der Waals surface area contributed by atoms with E-state index in [2.05, 4.69) is 148 Å². The Morgan fingerprint density at radius 1 is 0.617 bits per heavy atom. The third-order valence-electron chi connectivity index (χ3n) is 10.9. The molecule has 2 aliphatic rings. The molecular formula is C43H32N2SSi. The summed E-state index contributed by atoms with van der Waals surface area (Å²) in [5.41, 5.74) is 12.3. The van der Waals surface area contributed by atoms with E-state index in [4.69, 9.17) is 9.97 Å². The van der Waals surface area contributed by atoms with Crippen LogP contribution in [-0.2, 0) is 5.41 Å². The first kappa shape index (κ1) is 27.2. The van der Waals surface area contributed by atoms with Gasteiger partial charge in [-0.15, -0.1) is 11.3 Å². The molecule has 8 aromatic rings. The molecule has 0 bridgehead atoms. The summed E-state index contributed by atoms with van der Waals surface area (Å²) in [6, 6.07) is 44.7. The van der Waals surface area contributed by atoms with Gasteiger partial charge in [-0.1, -0.05) is 130 Å². The van der Waals surface area contributed by atoms with Crippen LogP contribution in [0.1, 0.15) is 25.0 Å². The SMILES string of the molecule is CC1(C)c2ccc(-c3nc(-c4ccccc4)c4c5c(ccc4n3)-c3ccccc3[Si]5(C)C)cc2-c2c1ccc1c2sc2ccccc21. The van der Waals surface area contributed by atoms with Crippen molar-refractivity contribution in [3.63, 3.8) is 0 Å². The normalized spacial score (nSPS) is 15.1. The molecule has 47 heavy (non-hydrogen) atoms. The van der Waals surface area contributed by atoms with Gasteiger partial charge in [0, 0.05) is 47.7 Å². The Hall–Kier alpha value is -4.90. The summed E-state index contributed by atoms with van der Waals surface area (Å²) in [4.78, 5) is 10.8. The van der Waals surface area contributed by atoms with E-state index in [0.29, 0.717) is 0 Å². The van der Waals surface area contributed by atoms with Crippen molar-refractivity contribution in [2.75, 3.05) is 0 Å². The quantitative estimate of drug-likeness (QED) is 0.177. The molecule has 0 unspecified atom stereocenters. The Labute approximate surface area is 279 Å². The highest BCUT2D eigenvalue weighted by Crippen LogP contribution is 2.54. The van der Waals surface area contributed by atoms with Gasteiger partial charge in [0.05, 0.1) is 11.2 Å². The van der Waals surface area contributed by atoms with Crippen molar-refractivity contribution in [3.8, 4) is 44.9 Å². The van der Waals surface area contributed by atoms with Crippen LogP contribution in [0.25, 0.3) is 76.0 Å². The van der Waals surface area contributed by atoms with Gasteiger partial charge in [0.2, 0.25) is 0 Å². The van der Waals surface area contributed by atoms with Gasteiger partial charge in [0.15, 0.2) is 5.82 Å². The molecule has 1 aliphatic heterocycles. The molecule has 0 N–H and O–H groups in total. The number of hydrogen-bond acceptors (Lipinski definition) is 3. The zero-order valence-corrected chi connectivity index (χ0v) is 28.7. The summed E-state index contributed by atoms with van der Waals surface area (Å²) in [6.45, 7) is 9.68. The van der Waals surface area contributed by atoms with Crippen molar-refractivity contribution >= 4 is 60.9 Å². The molecule has 0 atom stereocenters. The van der Waals surface area contributed by atoms with Crippen molar-refractivity contribution in [1.29, 1.82) is 0 Å². The van der Waals surface area contributed by atoms with E-state index in [-0.39, 0.29) is 5.41 Å². The van der Waals surface area contributed by atoms with Gasteiger partial charge in [-0.25, -0.2) is 9.97 Å². The standard InChI is InChI=1S/C43H32N2SSi/c1-43(2)32-21-18-26(24-31(32)37-33(43)22-19-29-27-14-8-10-16-35(27)46-40(29)37)42-44-34-23-20-30-28-15-9-11-17-36(28)47(3,4)41(30)38(34)39(45-42)25-12-6-5-7-13-25/h5-24H,1-4H3. The van der Waals surface area contributed by atoms with Crippen LogP contribution in [-0.4, -0.2) is 18.0 Å². The minimum atomic E-state index is -2.00. The number of fused-ring (bicyclic) bond motifs is 12. The maximum Gasteiger partial charge on any atom is 0.160 e. The summed E-state index contributed by atoms with van der Waals surface area (Å²) in [6.07, 6.45) is 0. The monoisotopic (exact) mass is 636 g/mol. The fraction of sp³-hybridized carbons (Fsp3) is 0.116. The topological polar surface area (TPSA) is 25.8 Å². The van der Waals surface area contributed by atoms with Crippen molar-refractivity contribution < 1.29 is 0 Å². The summed E-state index contributed by atoms with van der Waals surface area (Å²) in [5, 5.41) is 6.85. The second-order valence-corrected chi connectivity index (χ2v) is 19.5. The van der Waals surface area contributed by atoms with Crippen LogP contribution in [0.5, 0.6) is 0 Å². The molecule has 1 aliphatic carbocycles. The van der Waals surface area contributed by atoms with Gasteiger partial charge in [-0.05, 0) is 56.4 Å². The molecule has 2 nitrogen and oxygen atoms in total. The molecule has 0 radical (unpaired) electrons. The number of rotatable bonds is 2. The van der Waals surface area contributed by atoms with Crippen LogP contribution in [0, 0.1) is 0 Å². The van der Waals surface area contributed by atoms with E-state index >= 15 is 0 Å². The molecule has 2 aromatic heterocycles. The minimum absolute atomic E-state index is 0.0846. The second kappa shape index (κ2) is 9.34. The Kier molecular flexibility index (Phi) is 5.41. The highest BCUT2D eigenvalue weighted by atomic mass is 32.1. The van der Waals surface area contributed by atoms with Gasteiger partial charge in [0.1, 0.15) is 8.07 Å². The number of thiophene rings is 1. The van der Waals surface area contributed by atoms with Crippen LogP contribution >= 0.6 is 11.3 Å². The van der Waals surface area contributed by atoms with Gasteiger partial charge in [-0.3, -0.25) is 0 Å². The lowest BCUT2D eigenvalue weighted by Crippen LogP contribution is -2.49. The van der Waals surface area contributed by atoms with Crippen LogP contribution in [0.15, 0.2) is 121 Å². The fourth-order valence-corrected chi connectivity index (χ4v) is 13.3. The molecule has 0 spiro atoms. The Morgan fingerprint density at radius 3 is 2.26 bits per heavy atom. The Bertz CT molecular complexity index is 2630. The molecule has 224 valence electrons. The summed E-state index contributed by atoms with van der Waals surface area (Å²) < 4.78 is 2.71. The Balaban J connectivity index is 1.24. The van der Waals surface area contributed by atoms with Crippen molar-refractivity contribution in [3.05, 3.63) is 132 Å². The van der Waals surface area contributed by atoms with E-state index in [1.165, 1.54) is 69.3 Å². The number of aromatic nitrogens is 2. The molecule has 10 rings (SSSR count). The average Bonchev–Trinajstić information content (AvgIpc) is 3.67. The predicted molar refractivity (Wildman–Crippen MR) is 203 cm³/mol. The van der Waals surface area contributed by atoms with E-state index in [1.54, 1.807) is 0 Å². The van der Waals surface area contributed by atoms with Crippen LogP contribution < -0.4 is 10.4 Å². The first-order valence-electron chi connectivity index (χ1n) is 16.4. The molecular weight excluding hydrogens is 605 g/mol. The molecule has 0 saturated heterocycles. The van der Waals surface area contributed by atoms with Gasteiger partial charge >= 0.3 is 0 Å². The maximum atomic E-state index is 5.48. The second-order valence-electron chi connectivity index (χ2n) is 14.2. The summed E-state index contributed by atoms with van der Waals surface area (Å²) in [7, 11) is -2.00. The van der Waals surface area contributed by atoms with Gasteiger partial charge < -0.3 is 0 Å². The molecule has 6 aromatic carbocycles. The van der Waals surface area contributed by atoms with Crippen molar-refractivity contribution in [2.24, 2.45) is 0 Å². The molecule has 0 saturated carbocycles. The zero-order chi connectivity index (χ0) is 31.7. The molecule has 0 fully saturated rings. The lowest BCUT2D eigenvalue weighted by molar-refractivity contribution is 0.661. The van der Waals surface area contributed by atoms with E-state index in [1.807, 2.05) is 11.3 Å². The molecule has 3 heterocycles. The van der Waals surface area contributed by atoms with Crippen molar-refractivity contribution in [2.45, 2.75) is 32.4 Å². The predicted octanol–water partition coefficient (Wildman–Crippen LogP) is 10.4. The molecule has 4 heteroatoms. The number of benzene rings is 6. The van der Waals surface area contributed by atoms with Crippen LogP contribution in [0.2, 0.25) is 13.1 Å². The number of hydrogen-bond donors (Lipinski definition) is 0. The highest BCUT2D eigenvalue weighted by molar-refractivity contribution is 7.26. The lowest BCUT2D eigenvalue weighted by atomic mass is 9.82.